The van der Waals surface area contributed by atoms with E-state index in [2.05, 4.69) is 20.6 Å². The maximum atomic E-state index is 12.9. The van der Waals surface area contributed by atoms with Crippen LogP contribution in [-0.2, 0) is 0 Å². The van der Waals surface area contributed by atoms with Crippen LogP contribution in [0.25, 0.3) is 16.8 Å². The van der Waals surface area contributed by atoms with Crippen molar-refractivity contribution in [2.75, 3.05) is 12.4 Å². The third kappa shape index (κ3) is 3.31. The SMILES string of the molecule is COc1ccc(C)cc1NC(=O)c1nnc2c(-c3ccccc3)c(C)nn2c1C. The van der Waals surface area contributed by atoms with Crippen LogP contribution in [0, 0.1) is 20.8 Å². The lowest BCUT2D eigenvalue weighted by molar-refractivity contribution is 0.101. The highest BCUT2D eigenvalue weighted by molar-refractivity contribution is 6.04. The zero-order valence-electron chi connectivity index (χ0n) is 16.7. The molecule has 7 heteroatoms. The molecule has 0 aliphatic heterocycles. The van der Waals surface area contributed by atoms with Gasteiger partial charge in [0, 0.05) is 0 Å². The number of benzene rings is 2. The number of carbonyl (C=O) groups excluding carboxylic acids is 1. The summed E-state index contributed by atoms with van der Waals surface area (Å²) in [5, 5.41) is 16.0. The van der Waals surface area contributed by atoms with Crippen LogP contribution in [0.15, 0.2) is 48.5 Å². The smallest absolute Gasteiger partial charge is 0.278 e. The van der Waals surface area contributed by atoms with Gasteiger partial charge >= 0.3 is 0 Å². The summed E-state index contributed by atoms with van der Waals surface area (Å²) < 4.78 is 7.01. The lowest BCUT2D eigenvalue weighted by Gasteiger charge is -2.11. The Morgan fingerprint density at radius 2 is 1.79 bits per heavy atom. The molecule has 0 saturated heterocycles. The molecule has 1 N–H and O–H groups in total. The van der Waals surface area contributed by atoms with Gasteiger partial charge in [-0.25, -0.2) is 4.52 Å². The molecule has 0 aliphatic carbocycles. The summed E-state index contributed by atoms with van der Waals surface area (Å²) in [4.78, 5) is 12.9. The Kier molecular flexibility index (Phi) is 4.72. The van der Waals surface area contributed by atoms with Gasteiger partial charge in [0.2, 0.25) is 0 Å². The number of nitrogens with zero attached hydrogens (tertiary/aromatic N) is 4. The summed E-state index contributed by atoms with van der Waals surface area (Å²) >= 11 is 0. The van der Waals surface area contributed by atoms with Crippen molar-refractivity contribution in [1.82, 2.24) is 19.8 Å². The van der Waals surface area contributed by atoms with Crippen LogP contribution in [-0.4, -0.2) is 32.8 Å². The van der Waals surface area contributed by atoms with E-state index in [-0.39, 0.29) is 11.6 Å². The van der Waals surface area contributed by atoms with E-state index in [0.29, 0.717) is 22.8 Å². The van der Waals surface area contributed by atoms with Crippen LogP contribution in [0.5, 0.6) is 5.75 Å². The molecule has 4 rings (SSSR count). The molecule has 146 valence electrons. The van der Waals surface area contributed by atoms with Gasteiger partial charge in [0.05, 0.1) is 29.7 Å². The van der Waals surface area contributed by atoms with Crippen molar-refractivity contribution in [3.05, 3.63) is 71.2 Å². The van der Waals surface area contributed by atoms with E-state index in [9.17, 15) is 4.79 Å². The fourth-order valence-corrected chi connectivity index (χ4v) is 3.36. The average Bonchev–Trinajstić information content (AvgIpc) is 3.06. The number of ether oxygens (including phenoxy) is 1. The summed E-state index contributed by atoms with van der Waals surface area (Å²) in [5.41, 5.74) is 5.79. The van der Waals surface area contributed by atoms with Gasteiger partial charge in [0.25, 0.3) is 5.91 Å². The second kappa shape index (κ2) is 7.35. The molecule has 2 aromatic carbocycles. The molecule has 0 fully saturated rings. The Morgan fingerprint density at radius 1 is 1.03 bits per heavy atom. The first-order valence-electron chi connectivity index (χ1n) is 9.23. The predicted molar refractivity (Wildman–Crippen MR) is 111 cm³/mol. The lowest BCUT2D eigenvalue weighted by atomic mass is 10.1. The topological polar surface area (TPSA) is 81.4 Å². The third-order valence-corrected chi connectivity index (χ3v) is 4.82. The van der Waals surface area contributed by atoms with E-state index in [1.165, 1.54) is 0 Å². The monoisotopic (exact) mass is 387 g/mol. The number of methoxy groups -OCH3 is 1. The number of anilines is 1. The highest BCUT2D eigenvalue weighted by Gasteiger charge is 2.21. The van der Waals surface area contributed by atoms with E-state index in [1.54, 1.807) is 11.6 Å². The largest absolute Gasteiger partial charge is 0.495 e. The molecule has 2 aromatic heterocycles. The molecule has 7 nitrogen and oxygen atoms in total. The summed E-state index contributed by atoms with van der Waals surface area (Å²) in [6.45, 7) is 5.68. The molecule has 0 saturated carbocycles. The molecule has 29 heavy (non-hydrogen) atoms. The molecule has 0 aliphatic rings. The first-order valence-corrected chi connectivity index (χ1v) is 9.23. The zero-order valence-corrected chi connectivity index (χ0v) is 16.7. The molecule has 0 radical (unpaired) electrons. The van der Waals surface area contributed by atoms with Crippen LogP contribution in [0.4, 0.5) is 5.69 Å². The van der Waals surface area contributed by atoms with Crippen molar-refractivity contribution in [3.8, 4) is 16.9 Å². The van der Waals surface area contributed by atoms with Gasteiger partial charge in [-0.3, -0.25) is 4.79 Å². The lowest BCUT2D eigenvalue weighted by Crippen LogP contribution is -2.19. The van der Waals surface area contributed by atoms with E-state index in [1.807, 2.05) is 69.3 Å². The Morgan fingerprint density at radius 3 is 2.52 bits per heavy atom. The van der Waals surface area contributed by atoms with Gasteiger partial charge in [-0.2, -0.15) is 5.10 Å². The van der Waals surface area contributed by atoms with Crippen LogP contribution in [0.1, 0.15) is 27.4 Å². The van der Waals surface area contributed by atoms with Gasteiger partial charge in [0.15, 0.2) is 11.3 Å². The standard InChI is InChI=1S/C22H21N5O2/c1-13-10-11-18(29-4)17(12-13)23-22(28)20-15(3)27-21(25-24-20)19(14(2)26-27)16-8-6-5-7-9-16/h5-12H,1-4H3,(H,23,28). The van der Waals surface area contributed by atoms with Gasteiger partial charge in [0.1, 0.15) is 5.75 Å². The third-order valence-electron chi connectivity index (χ3n) is 4.82. The number of fused-ring (bicyclic) bond motifs is 1. The summed E-state index contributed by atoms with van der Waals surface area (Å²) in [6.07, 6.45) is 0. The Hall–Kier alpha value is -3.74. The number of nitrogens with one attached hydrogen (secondary N) is 1. The minimum absolute atomic E-state index is 0.211. The molecule has 2 heterocycles. The summed E-state index contributed by atoms with van der Waals surface area (Å²) in [5.74, 6) is 0.215. The van der Waals surface area contributed by atoms with Crippen LogP contribution in [0.3, 0.4) is 0 Å². The fraction of sp³-hybridized carbons (Fsp3) is 0.182. The zero-order chi connectivity index (χ0) is 20.5. The van der Waals surface area contributed by atoms with Gasteiger partial charge in [-0.05, 0) is 44.0 Å². The van der Waals surface area contributed by atoms with E-state index in [4.69, 9.17) is 4.74 Å². The van der Waals surface area contributed by atoms with Crippen molar-refractivity contribution in [2.45, 2.75) is 20.8 Å². The molecule has 1 amide bonds. The number of aryl methyl sites for hydroxylation is 3. The normalized spacial score (nSPS) is 10.9. The number of hydrogen-bond donors (Lipinski definition) is 1. The van der Waals surface area contributed by atoms with Crippen molar-refractivity contribution < 1.29 is 9.53 Å². The summed E-state index contributed by atoms with van der Waals surface area (Å²) in [6, 6.07) is 15.5. The van der Waals surface area contributed by atoms with Crippen molar-refractivity contribution >= 4 is 17.2 Å². The number of amides is 1. The maximum Gasteiger partial charge on any atom is 0.278 e. The highest BCUT2D eigenvalue weighted by Crippen LogP contribution is 2.28. The first-order chi connectivity index (χ1) is 14.0. The van der Waals surface area contributed by atoms with E-state index >= 15 is 0 Å². The van der Waals surface area contributed by atoms with Crippen molar-refractivity contribution in [2.24, 2.45) is 0 Å². The van der Waals surface area contributed by atoms with Crippen LogP contribution >= 0.6 is 0 Å². The van der Waals surface area contributed by atoms with E-state index < -0.39 is 0 Å². The minimum Gasteiger partial charge on any atom is -0.495 e. The van der Waals surface area contributed by atoms with Crippen LogP contribution < -0.4 is 10.1 Å². The molecular weight excluding hydrogens is 366 g/mol. The fourth-order valence-electron chi connectivity index (χ4n) is 3.36. The minimum atomic E-state index is -0.366. The molecule has 0 unspecified atom stereocenters. The van der Waals surface area contributed by atoms with Gasteiger partial charge < -0.3 is 10.1 Å². The van der Waals surface area contributed by atoms with Crippen LogP contribution in [0.2, 0.25) is 0 Å². The van der Waals surface area contributed by atoms with E-state index in [0.717, 1.165) is 22.4 Å². The second-order valence-corrected chi connectivity index (χ2v) is 6.85. The Balaban J connectivity index is 1.75. The second-order valence-electron chi connectivity index (χ2n) is 6.85. The molecule has 0 atom stereocenters. The Bertz CT molecular complexity index is 1220. The van der Waals surface area contributed by atoms with Gasteiger partial charge in [-0.15, -0.1) is 10.2 Å². The van der Waals surface area contributed by atoms with Crippen molar-refractivity contribution in [1.29, 1.82) is 0 Å². The van der Waals surface area contributed by atoms with Crippen molar-refractivity contribution in [3.63, 3.8) is 0 Å². The molecule has 4 aromatic rings. The molecular formula is C22H21N5O2. The number of hydrogen-bond acceptors (Lipinski definition) is 5. The average molecular weight is 387 g/mol. The highest BCUT2D eigenvalue weighted by atomic mass is 16.5. The number of carbonyl (C=O) groups is 1. The number of aromatic nitrogens is 4. The molecule has 0 spiro atoms. The first kappa shape index (κ1) is 18.6. The quantitative estimate of drug-likeness (QED) is 0.573. The maximum absolute atomic E-state index is 12.9. The Labute approximate surface area is 168 Å². The molecule has 0 bridgehead atoms. The summed E-state index contributed by atoms with van der Waals surface area (Å²) in [7, 11) is 1.56. The van der Waals surface area contributed by atoms with Gasteiger partial charge in [-0.1, -0.05) is 36.4 Å². The number of rotatable bonds is 4. The predicted octanol–water partition coefficient (Wildman–Crippen LogP) is 3.98.